The van der Waals surface area contributed by atoms with Gasteiger partial charge in [0.1, 0.15) is 0 Å². The Balaban J connectivity index is 0. The molecule has 0 atom stereocenters. The van der Waals surface area contributed by atoms with Crippen molar-refractivity contribution in [3.8, 4) is 0 Å². The molecule has 0 heterocycles. The molecule has 0 aliphatic rings. The zero-order valence-electron chi connectivity index (χ0n) is 6.65. The second-order valence-corrected chi connectivity index (χ2v) is 4.51. The predicted octanol–water partition coefficient (Wildman–Crippen LogP) is 2.43. The maximum atomic E-state index is 2.27. The molecule has 0 nitrogen and oxygen atoms in total. The number of unbranched alkanes of at least 4 members (excludes halogenated alkanes) is 4. The van der Waals surface area contributed by atoms with Crippen molar-refractivity contribution in [2.45, 2.75) is 44.0 Å². The Kier molecular flexibility index (Phi) is 16.4. The fourth-order valence-electron chi connectivity index (χ4n) is 0.854. The van der Waals surface area contributed by atoms with Gasteiger partial charge in [-0.2, -0.15) is 0 Å². The van der Waals surface area contributed by atoms with Crippen molar-refractivity contribution in [3.05, 3.63) is 0 Å². The van der Waals surface area contributed by atoms with Gasteiger partial charge in [0.2, 0.25) is 0 Å². The molecule has 0 aliphatic carbocycles. The molecule has 0 bridgehead atoms. The maximum Gasteiger partial charge on any atom is -0.147 e. The molecular weight excluding hydrogens is 189 g/mol. The van der Waals surface area contributed by atoms with Crippen LogP contribution in [0.1, 0.15) is 39.0 Å². The van der Waals surface area contributed by atoms with Crippen LogP contribution in [-0.2, 0) is 0 Å². The van der Waals surface area contributed by atoms with Gasteiger partial charge in [-0.05, 0) is 0 Å². The summed E-state index contributed by atoms with van der Waals surface area (Å²) in [5.41, 5.74) is 0. The van der Waals surface area contributed by atoms with Crippen molar-refractivity contribution < 1.29 is 0 Å². The van der Waals surface area contributed by atoms with Crippen molar-refractivity contribution >= 4 is 31.0 Å². The molecule has 9 heavy (non-hydrogen) atoms. The van der Waals surface area contributed by atoms with Gasteiger partial charge in [0.15, 0.2) is 0 Å². The fraction of sp³-hybridized carbons (Fsp3) is 1.00. The van der Waals surface area contributed by atoms with Gasteiger partial charge in [0.25, 0.3) is 0 Å². The molecule has 0 saturated carbocycles. The summed E-state index contributed by atoms with van der Waals surface area (Å²) in [5, 5.41) is 0. The van der Waals surface area contributed by atoms with Crippen LogP contribution in [-0.4, -0.2) is 18.6 Å². The molecule has 0 aromatic carbocycles. The number of hydrogen-bond acceptors (Lipinski definition) is 0. The van der Waals surface area contributed by atoms with E-state index in [1.54, 1.807) is 4.98 Å². The monoisotopic (exact) mass is 206 g/mol. The van der Waals surface area contributed by atoms with E-state index in [0.717, 1.165) is 18.6 Å². The molecule has 0 fully saturated rings. The van der Waals surface area contributed by atoms with E-state index in [9.17, 15) is 0 Å². The first kappa shape index (κ1) is 12.6. The minimum Gasteiger partial charge on any atom is -0.147 e. The first-order valence-corrected chi connectivity index (χ1v) is 6.88. The van der Waals surface area contributed by atoms with E-state index in [0.29, 0.717) is 0 Å². The molecule has 0 aliphatic heterocycles. The first-order chi connectivity index (χ1) is 3.91. The smallest absolute Gasteiger partial charge is 0.147 e. The summed E-state index contributed by atoms with van der Waals surface area (Å²) < 4.78 is 0. The minimum atomic E-state index is 0. The van der Waals surface area contributed by atoms with Crippen LogP contribution in [0.15, 0.2) is 0 Å². The van der Waals surface area contributed by atoms with Gasteiger partial charge in [-0.3, -0.25) is 0 Å². The molecule has 0 spiro atoms. The third kappa shape index (κ3) is 12.2. The molecule has 0 amide bonds. The topological polar surface area (TPSA) is 0 Å². The van der Waals surface area contributed by atoms with Gasteiger partial charge in [0, 0.05) is 0 Å². The second kappa shape index (κ2) is 11.7. The van der Waals surface area contributed by atoms with Gasteiger partial charge >= 0.3 is 62.6 Å². The average Bonchev–Trinajstić information content (AvgIpc) is 1.81. The van der Waals surface area contributed by atoms with Gasteiger partial charge in [-0.25, -0.2) is 0 Å². The van der Waals surface area contributed by atoms with Crippen LogP contribution in [0.25, 0.3) is 0 Å². The Morgan fingerprint density at radius 1 is 1.00 bits per heavy atom. The molecule has 0 N–H and O–H groups in total. The van der Waals surface area contributed by atoms with E-state index in [1.165, 1.54) is 32.1 Å². The van der Waals surface area contributed by atoms with Gasteiger partial charge in [-0.1, -0.05) is 0 Å². The SMILES string of the molecule is CCCCCC[CH2][GaH2].Cl. The molecule has 0 aromatic rings. The van der Waals surface area contributed by atoms with Gasteiger partial charge in [-0.15, -0.1) is 12.4 Å². The number of halogens is 1. The van der Waals surface area contributed by atoms with Crippen molar-refractivity contribution in [1.82, 2.24) is 0 Å². The second-order valence-electron chi connectivity index (χ2n) is 2.41. The molecule has 0 rings (SSSR count). The Labute approximate surface area is 75.1 Å². The number of rotatable bonds is 5. The van der Waals surface area contributed by atoms with E-state index in [2.05, 4.69) is 6.92 Å². The Morgan fingerprint density at radius 3 is 2.00 bits per heavy atom. The molecule has 0 aromatic heterocycles. The molecule has 0 radical (unpaired) electrons. The van der Waals surface area contributed by atoms with Crippen LogP contribution in [0, 0.1) is 0 Å². The van der Waals surface area contributed by atoms with Crippen LogP contribution < -0.4 is 0 Å². The van der Waals surface area contributed by atoms with E-state index in [4.69, 9.17) is 0 Å². The van der Waals surface area contributed by atoms with Crippen LogP contribution in [0.3, 0.4) is 0 Å². The molecule has 0 unspecified atom stereocenters. The fourth-order valence-corrected chi connectivity index (χ4v) is 1.90. The number of hydrogen-bond donors (Lipinski definition) is 0. The van der Waals surface area contributed by atoms with E-state index in [-0.39, 0.29) is 12.4 Å². The minimum absolute atomic E-state index is 0. The summed E-state index contributed by atoms with van der Waals surface area (Å²) in [6, 6.07) is 0. The van der Waals surface area contributed by atoms with Crippen LogP contribution in [0.2, 0.25) is 4.98 Å². The standard InChI is InChI=1S/C7H15.ClH.Ga.2H/c1-3-5-7-6-4-2;;;;/h1,3-7H2,2H3;1H;;;. The molecule has 0 saturated heterocycles. The van der Waals surface area contributed by atoms with Crippen molar-refractivity contribution in [2.24, 2.45) is 0 Å². The molecule has 2 heteroatoms. The quantitative estimate of drug-likeness (QED) is 0.480. The Morgan fingerprint density at radius 2 is 1.56 bits per heavy atom. The van der Waals surface area contributed by atoms with E-state index in [1.807, 2.05) is 0 Å². The van der Waals surface area contributed by atoms with Crippen LogP contribution in [0.5, 0.6) is 0 Å². The zero-order chi connectivity index (χ0) is 6.24. The summed E-state index contributed by atoms with van der Waals surface area (Å²) in [6.07, 6.45) is 7.32. The summed E-state index contributed by atoms with van der Waals surface area (Å²) in [5.74, 6) is 0. The normalized spacial score (nSPS) is 8.56. The van der Waals surface area contributed by atoms with Crippen molar-refractivity contribution in [3.63, 3.8) is 0 Å². The summed E-state index contributed by atoms with van der Waals surface area (Å²) >= 11 is 1.11. The summed E-state index contributed by atoms with van der Waals surface area (Å²) in [7, 11) is 0. The van der Waals surface area contributed by atoms with Gasteiger partial charge < -0.3 is 0 Å². The van der Waals surface area contributed by atoms with Gasteiger partial charge in [0.05, 0.1) is 0 Å². The zero-order valence-corrected chi connectivity index (χ0v) is 11.7. The average molecular weight is 207 g/mol. The van der Waals surface area contributed by atoms with Crippen LogP contribution in [0.4, 0.5) is 0 Å². The van der Waals surface area contributed by atoms with E-state index >= 15 is 0 Å². The largest absolute Gasteiger partial charge is 0.147 e. The molecular formula is C7H18ClGa. The third-order valence-electron chi connectivity index (χ3n) is 1.46. The Hall–Kier alpha value is 0.926. The summed E-state index contributed by atoms with van der Waals surface area (Å²) in [4.78, 5) is 1.55. The molecule has 56 valence electrons. The maximum absolute atomic E-state index is 2.27. The predicted molar refractivity (Wildman–Crippen MR) is 49.4 cm³/mol. The van der Waals surface area contributed by atoms with Crippen molar-refractivity contribution in [2.75, 3.05) is 0 Å². The van der Waals surface area contributed by atoms with E-state index < -0.39 is 0 Å². The Bertz CT molecular complexity index is 33.9. The first-order valence-electron chi connectivity index (χ1n) is 3.91. The summed E-state index contributed by atoms with van der Waals surface area (Å²) in [6.45, 7) is 2.27. The van der Waals surface area contributed by atoms with Crippen LogP contribution >= 0.6 is 12.4 Å². The van der Waals surface area contributed by atoms with Crippen molar-refractivity contribution in [1.29, 1.82) is 0 Å². The third-order valence-corrected chi connectivity index (χ3v) is 2.94.